The molecule has 18 heavy (non-hydrogen) atoms. The topological polar surface area (TPSA) is 24.1 Å². The molecule has 2 aliphatic heterocycles. The van der Waals surface area contributed by atoms with Crippen molar-refractivity contribution in [3.05, 3.63) is 48.5 Å². The second-order valence-corrected chi connectivity index (χ2v) is 6.72. The molecule has 0 fully saturated rings. The molecule has 0 bridgehead atoms. The van der Waals surface area contributed by atoms with Crippen LogP contribution in [0.3, 0.4) is 0 Å². The maximum absolute atomic E-state index is 3.62. The van der Waals surface area contributed by atoms with Gasteiger partial charge in [0.05, 0.1) is 0 Å². The zero-order valence-electron chi connectivity index (χ0n) is 9.59. The number of rotatable bonds is 0. The first-order valence-corrected chi connectivity index (χ1v) is 7.70. The molecule has 2 nitrogen and oxygen atoms in total. The summed E-state index contributed by atoms with van der Waals surface area (Å²) in [6, 6.07) is 17.0. The quantitative estimate of drug-likeness (QED) is 0.755. The molecule has 0 unspecified atom stereocenters. The van der Waals surface area contributed by atoms with Gasteiger partial charge in [-0.1, -0.05) is 47.8 Å². The second-order valence-electron chi connectivity index (χ2n) is 4.36. The Labute approximate surface area is 115 Å². The summed E-state index contributed by atoms with van der Waals surface area (Å²) in [4.78, 5) is 2.65. The number of hydrogen-bond donors (Lipinski definition) is 2. The molecule has 0 radical (unpaired) electrons. The minimum atomic E-state index is 0.389. The smallest absolute Gasteiger partial charge is 0.107 e. The van der Waals surface area contributed by atoms with Gasteiger partial charge in [0.15, 0.2) is 0 Å². The van der Waals surface area contributed by atoms with Gasteiger partial charge in [-0.05, 0) is 24.3 Å². The Bertz CT molecular complexity index is 496. The zero-order chi connectivity index (χ0) is 11.9. The summed E-state index contributed by atoms with van der Waals surface area (Å²) in [5, 5.41) is 8.02. The van der Waals surface area contributed by atoms with E-state index in [2.05, 4.69) is 59.2 Å². The van der Waals surface area contributed by atoms with Gasteiger partial charge in [-0.25, -0.2) is 0 Å². The van der Waals surface area contributed by atoms with Crippen molar-refractivity contribution in [3.63, 3.8) is 0 Å². The van der Waals surface area contributed by atoms with Crippen molar-refractivity contribution < 1.29 is 0 Å². The lowest BCUT2D eigenvalue weighted by atomic mass is 10.3. The SMILES string of the molecule is c1ccc2c(c1)N[C@H]1Sc3ccccc3N[C@H]1S2. The van der Waals surface area contributed by atoms with Crippen molar-refractivity contribution in [2.45, 2.75) is 20.5 Å². The molecule has 2 heterocycles. The Morgan fingerprint density at radius 3 is 1.61 bits per heavy atom. The fourth-order valence-electron chi connectivity index (χ4n) is 2.29. The third-order valence-electron chi connectivity index (χ3n) is 3.15. The van der Waals surface area contributed by atoms with Gasteiger partial charge in [-0.3, -0.25) is 0 Å². The lowest BCUT2D eigenvalue weighted by molar-refractivity contribution is 0.909. The van der Waals surface area contributed by atoms with Crippen LogP contribution in [-0.4, -0.2) is 10.7 Å². The van der Waals surface area contributed by atoms with Crippen LogP contribution in [0.4, 0.5) is 11.4 Å². The highest BCUT2D eigenvalue weighted by Crippen LogP contribution is 2.47. The monoisotopic (exact) mass is 272 g/mol. The van der Waals surface area contributed by atoms with Gasteiger partial charge < -0.3 is 10.6 Å². The van der Waals surface area contributed by atoms with Crippen molar-refractivity contribution in [1.82, 2.24) is 0 Å². The number of fused-ring (bicyclic) bond motifs is 3. The molecule has 2 aromatic carbocycles. The molecule has 0 saturated carbocycles. The van der Waals surface area contributed by atoms with E-state index >= 15 is 0 Å². The van der Waals surface area contributed by atoms with Crippen LogP contribution >= 0.6 is 23.5 Å². The normalized spacial score (nSPS) is 24.0. The van der Waals surface area contributed by atoms with Crippen LogP contribution in [0.15, 0.2) is 58.3 Å². The van der Waals surface area contributed by atoms with Crippen LogP contribution < -0.4 is 10.6 Å². The first-order chi connectivity index (χ1) is 8.90. The van der Waals surface area contributed by atoms with Crippen molar-refractivity contribution in [1.29, 1.82) is 0 Å². The fourth-order valence-corrected chi connectivity index (χ4v) is 4.75. The third kappa shape index (κ3) is 1.68. The number of hydrogen-bond acceptors (Lipinski definition) is 4. The fraction of sp³-hybridized carbons (Fsp3) is 0.143. The molecule has 0 amide bonds. The number of para-hydroxylation sites is 2. The second kappa shape index (κ2) is 4.14. The van der Waals surface area contributed by atoms with Gasteiger partial charge in [0.2, 0.25) is 0 Å². The van der Waals surface area contributed by atoms with Gasteiger partial charge in [0.25, 0.3) is 0 Å². The molecule has 0 aromatic heterocycles. The summed E-state index contributed by atoms with van der Waals surface area (Å²) >= 11 is 3.82. The van der Waals surface area contributed by atoms with E-state index < -0.39 is 0 Å². The van der Waals surface area contributed by atoms with Crippen molar-refractivity contribution in [2.24, 2.45) is 0 Å². The number of benzene rings is 2. The number of nitrogens with one attached hydrogen (secondary N) is 2. The standard InChI is InChI=1S/C14H12N2S2/c1-3-7-11-9(5-1)15-13-14(17-11)16-10-6-2-4-8-12(10)18-13/h1-8,13-16H/t13-,14-/m0/s1. The Kier molecular flexibility index (Phi) is 2.45. The molecule has 0 saturated heterocycles. The molecule has 90 valence electrons. The van der Waals surface area contributed by atoms with Crippen LogP contribution in [0.5, 0.6) is 0 Å². The summed E-state index contributed by atoms with van der Waals surface area (Å²) in [7, 11) is 0. The number of anilines is 2. The molecule has 2 aliphatic rings. The molecule has 4 heteroatoms. The lowest BCUT2D eigenvalue weighted by Crippen LogP contribution is -2.39. The highest BCUT2D eigenvalue weighted by Gasteiger charge is 2.33. The Hall–Kier alpha value is -1.26. The predicted molar refractivity (Wildman–Crippen MR) is 79.4 cm³/mol. The summed E-state index contributed by atoms with van der Waals surface area (Å²) in [6.45, 7) is 0. The summed E-state index contributed by atoms with van der Waals surface area (Å²) in [5.41, 5.74) is 2.50. The zero-order valence-corrected chi connectivity index (χ0v) is 11.2. The summed E-state index contributed by atoms with van der Waals surface area (Å²) < 4.78 is 0. The molecule has 0 spiro atoms. The van der Waals surface area contributed by atoms with Crippen LogP contribution in [0.25, 0.3) is 0 Å². The third-order valence-corrected chi connectivity index (χ3v) is 5.83. The largest absolute Gasteiger partial charge is 0.370 e. The Morgan fingerprint density at radius 2 is 1.11 bits per heavy atom. The Morgan fingerprint density at radius 1 is 0.667 bits per heavy atom. The van der Waals surface area contributed by atoms with E-state index in [9.17, 15) is 0 Å². The molecule has 2 atom stereocenters. The van der Waals surface area contributed by atoms with Crippen LogP contribution in [-0.2, 0) is 0 Å². The van der Waals surface area contributed by atoms with Crippen LogP contribution in [0, 0.1) is 0 Å². The molecule has 2 N–H and O–H groups in total. The first kappa shape index (κ1) is 10.6. The van der Waals surface area contributed by atoms with E-state index in [-0.39, 0.29) is 0 Å². The minimum Gasteiger partial charge on any atom is -0.370 e. The molecule has 0 aliphatic carbocycles. The van der Waals surface area contributed by atoms with Crippen LogP contribution in [0.2, 0.25) is 0 Å². The van der Waals surface area contributed by atoms with Gasteiger partial charge in [-0.15, -0.1) is 0 Å². The van der Waals surface area contributed by atoms with Crippen molar-refractivity contribution in [3.8, 4) is 0 Å². The van der Waals surface area contributed by atoms with Gasteiger partial charge in [0, 0.05) is 21.2 Å². The van der Waals surface area contributed by atoms with E-state index in [4.69, 9.17) is 0 Å². The van der Waals surface area contributed by atoms with Crippen molar-refractivity contribution in [2.75, 3.05) is 10.6 Å². The predicted octanol–water partition coefficient (Wildman–Crippen LogP) is 4.07. The summed E-state index contributed by atoms with van der Waals surface area (Å²) in [5.74, 6) is 0. The van der Waals surface area contributed by atoms with Crippen molar-refractivity contribution >= 4 is 34.9 Å². The maximum Gasteiger partial charge on any atom is 0.107 e. The maximum atomic E-state index is 3.62. The minimum absolute atomic E-state index is 0.389. The molecular weight excluding hydrogens is 260 g/mol. The first-order valence-electron chi connectivity index (χ1n) is 5.95. The average Bonchev–Trinajstić information content (AvgIpc) is 2.42. The van der Waals surface area contributed by atoms with E-state index in [1.54, 1.807) is 0 Å². The molecule has 2 aromatic rings. The van der Waals surface area contributed by atoms with E-state index in [0.717, 1.165) is 0 Å². The molecule has 4 rings (SSSR count). The van der Waals surface area contributed by atoms with E-state index in [1.807, 2.05) is 23.5 Å². The van der Waals surface area contributed by atoms with E-state index in [1.165, 1.54) is 21.2 Å². The number of thioether (sulfide) groups is 2. The Balaban J connectivity index is 1.70. The van der Waals surface area contributed by atoms with Gasteiger partial charge in [0.1, 0.15) is 10.7 Å². The average molecular weight is 272 g/mol. The van der Waals surface area contributed by atoms with Gasteiger partial charge in [-0.2, -0.15) is 0 Å². The summed E-state index contributed by atoms with van der Waals surface area (Å²) in [6.07, 6.45) is 0. The van der Waals surface area contributed by atoms with E-state index in [0.29, 0.717) is 10.7 Å². The van der Waals surface area contributed by atoms with Gasteiger partial charge >= 0.3 is 0 Å². The highest BCUT2D eigenvalue weighted by atomic mass is 32.2. The van der Waals surface area contributed by atoms with Crippen LogP contribution in [0.1, 0.15) is 0 Å². The molecular formula is C14H12N2S2. The highest BCUT2D eigenvalue weighted by molar-refractivity contribution is 8.04. The lowest BCUT2D eigenvalue weighted by Gasteiger charge is -2.38.